The molecule has 0 saturated heterocycles. The summed E-state index contributed by atoms with van der Waals surface area (Å²) in [6.45, 7) is 5.97. The molecule has 148 valence electrons. The molecule has 0 fully saturated rings. The second-order valence-electron chi connectivity index (χ2n) is 6.72. The van der Waals surface area contributed by atoms with Gasteiger partial charge in [-0.1, -0.05) is 6.07 Å². The van der Waals surface area contributed by atoms with Gasteiger partial charge in [-0.05, 0) is 45.0 Å². The van der Waals surface area contributed by atoms with E-state index in [2.05, 4.69) is 0 Å². The fourth-order valence-electron chi connectivity index (χ4n) is 3.46. The summed E-state index contributed by atoms with van der Waals surface area (Å²) < 4.78 is 26.9. The Labute approximate surface area is 166 Å². The molecule has 2 heterocycles. The largest absolute Gasteiger partial charge is 0.453 e. The maximum absolute atomic E-state index is 13.8. The Balaban J connectivity index is 1.72. The second kappa shape index (κ2) is 8.24. The van der Waals surface area contributed by atoms with Crippen LogP contribution in [-0.2, 0) is 9.47 Å². The molecule has 3 aromatic rings. The summed E-state index contributed by atoms with van der Waals surface area (Å²) in [6.07, 6.45) is 0. The fraction of sp³-hybridized carbons (Fsp3) is 0.333. The van der Waals surface area contributed by atoms with Gasteiger partial charge in [-0.2, -0.15) is 0 Å². The number of aromatic nitrogens is 1. The summed E-state index contributed by atoms with van der Waals surface area (Å²) in [5, 5.41) is 0.376. The first-order valence-electron chi connectivity index (χ1n) is 8.89. The van der Waals surface area contributed by atoms with E-state index >= 15 is 0 Å². The molecular formula is C21H22FNO4S. The number of rotatable bonds is 7. The van der Waals surface area contributed by atoms with Crippen molar-refractivity contribution >= 4 is 33.2 Å². The minimum absolute atomic E-state index is 0.0857. The predicted molar refractivity (Wildman–Crippen MR) is 107 cm³/mol. The highest BCUT2D eigenvalue weighted by Crippen LogP contribution is 2.28. The van der Waals surface area contributed by atoms with Crippen molar-refractivity contribution in [2.45, 2.75) is 26.8 Å². The van der Waals surface area contributed by atoms with Crippen LogP contribution in [0.3, 0.4) is 0 Å². The number of thiophene rings is 1. The lowest BCUT2D eigenvalue weighted by atomic mass is 10.1. The maximum atomic E-state index is 13.8. The van der Waals surface area contributed by atoms with Gasteiger partial charge >= 0.3 is 5.97 Å². The highest BCUT2D eigenvalue weighted by molar-refractivity contribution is 7.20. The number of carbonyl (C=O) groups is 2. The smallest absolute Gasteiger partial charge is 0.348 e. The van der Waals surface area contributed by atoms with E-state index in [1.165, 1.54) is 12.1 Å². The first-order chi connectivity index (χ1) is 13.3. The Morgan fingerprint density at radius 1 is 1.25 bits per heavy atom. The zero-order valence-electron chi connectivity index (χ0n) is 16.2. The molecule has 0 amide bonds. The molecule has 0 aliphatic carbocycles. The third kappa shape index (κ3) is 3.86. The monoisotopic (exact) mass is 403 g/mol. The summed E-state index contributed by atoms with van der Waals surface area (Å²) in [4.78, 5) is 25.2. The fourth-order valence-corrected chi connectivity index (χ4v) is 4.43. The van der Waals surface area contributed by atoms with E-state index in [1.54, 1.807) is 25.3 Å². The number of aryl methyl sites for hydroxylation is 1. The maximum Gasteiger partial charge on any atom is 0.348 e. The topological polar surface area (TPSA) is 57.5 Å². The lowest BCUT2D eigenvalue weighted by molar-refractivity contribution is 0.0479. The Morgan fingerprint density at radius 2 is 2.00 bits per heavy atom. The minimum atomic E-state index is -0.629. The summed E-state index contributed by atoms with van der Waals surface area (Å²) in [5.41, 5.74) is 2.28. The van der Waals surface area contributed by atoms with Crippen LogP contribution in [0.4, 0.5) is 4.39 Å². The Bertz CT molecular complexity index is 1040. The van der Waals surface area contributed by atoms with Crippen molar-refractivity contribution in [3.05, 3.63) is 58.0 Å². The van der Waals surface area contributed by atoms with E-state index in [9.17, 15) is 14.0 Å². The van der Waals surface area contributed by atoms with Gasteiger partial charge in [0, 0.05) is 34.1 Å². The quantitative estimate of drug-likeness (QED) is 0.424. The average Bonchev–Trinajstić information content (AvgIpc) is 3.21. The van der Waals surface area contributed by atoms with Crippen LogP contribution in [0.1, 0.15) is 44.4 Å². The van der Waals surface area contributed by atoms with E-state index in [1.807, 2.05) is 25.3 Å². The molecular weight excluding hydrogens is 381 g/mol. The van der Waals surface area contributed by atoms with Gasteiger partial charge in [-0.3, -0.25) is 4.79 Å². The number of esters is 1. The number of nitrogens with zero attached hydrogens (tertiary/aromatic N) is 1. The third-order valence-electron chi connectivity index (χ3n) is 4.68. The number of ketones is 1. The summed E-state index contributed by atoms with van der Waals surface area (Å²) in [7, 11) is 1.63. The lowest BCUT2D eigenvalue weighted by Crippen LogP contribution is -2.16. The summed E-state index contributed by atoms with van der Waals surface area (Å²) in [6, 6.07) is 8.01. The molecule has 0 N–H and O–H groups in total. The molecule has 2 aromatic heterocycles. The molecule has 7 heteroatoms. The SMILES string of the molecule is COC[C@H](C)n1c(C)cc(C(=O)COC(=O)c2cc3c(F)cccc3s2)c1C. The molecule has 0 radical (unpaired) electrons. The molecule has 1 aromatic carbocycles. The van der Waals surface area contributed by atoms with E-state index in [-0.39, 0.29) is 29.1 Å². The van der Waals surface area contributed by atoms with Crippen molar-refractivity contribution in [3.8, 4) is 0 Å². The molecule has 0 spiro atoms. The number of hydrogen-bond acceptors (Lipinski definition) is 5. The Hall–Kier alpha value is -2.51. The molecule has 3 rings (SSSR count). The van der Waals surface area contributed by atoms with Gasteiger partial charge in [-0.15, -0.1) is 11.3 Å². The summed E-state index contributed by atoms with van der Waals surface area (Å²) in [5.74, 6) is -1.29. The van der Waals surface area contributed by atoms with Gasteiger partial charge in [0.1, 0.15) is 10.7 Å². The van der Waals surface area contributed by atoms with Crippen LogP contribution in [0.15, 0.2) is 30.3 Å². The molecule has 0 saturated carbocycles. The van der Waals surface area contributed by atoms with Gasteiger partial charge in [0.15, 0.2) is 6.61 Å². The first kappa shape index (κ1) is 20.2. The number of fused-ring (bicyclic) bond motifs is 1. The van der Waals surface area contributed by atoms with Gasteiger partial charge in [0.2, 0.25) is 5.78 Å². The van der Waals surface area contributed by atoms with Crippen molar-refractivity contribution in [2.75, 3.05) is 20.3 Å². The molecule has 28 heavy (non-hydrogen) atoms. The lowest BCUT2D eigenvalue weighted by Gasteiger charge is -2.17. The number of carbonyl (C=O) groups excluding carboxylic acids is 2. The van der Waals surface area contributed by atoms with E-state index < -0.39 is 5.97 Å². The number of methoxy groups -OCH3 is 1. The zero-order valence-corrected chi connectivity index (χ0v) is 17.1. The molecule has 0 bridgehead atoms. The van der Waals surface area contributed by atoms with Crippen LogP contribution in [0.5, 0.6) is 0 Å². The molecule has 1 atom stereocenters. The Kier molecular flexibility index (Phi) is 5.96. The number of halogens is 1. The van der Waals surface area contributed by atoms with Crippen LogP contribution in [-0.4, -0.2) is 36.6 Å². The molecule has 0 unspecified atom stereocenters. The standard InChI is InChI=1S/C21H22FNO4S/c1-12-8-15(14(3)23(12)13(2)10-26-4)18(24)11-27-21(25)20-9-16-17(22)6-5-7-19(16)28-20/h5-9,13H,10-11H2,1-4H3/t13-/m0/s1. The van der Waals surface area contributed by atoms with Gasteiger partial charge in [0.25, 0.3) is 0 Å². The van der Waals surface area contributed by atoms with Gasteiger partial charge < -0.3 is 14.0 Å². The predicted octanol–water partition coefficient (Wildman–Crippen LogP) is 4.71. The molecule has 5 nitrogen and oxygen atoms in total. The van der Waals surface area contributed by atoms with E-state index in [4.69, 9.17) is 9.47 Å². The van der Waals surface area contributed by atoms with Crippen LogP contribution >= 0.6 is 11.3 Å². The third-order valence-corrected chi connectivity index (χ3v) is 5.76. The van der Waals surface area contributed by atoms with Crippen LogP contribution in [0, 0.1) is 19.7 Å². The van der Waals surface area contributed by atoms with E-state index in [0.717, 1.165) is 22.7 Å². The number of benzene rings is 1. The zero-order chi connectivity index (χ0) is 20.4. The van der Waals surface area contributed by atoms with Crippen LogP contribution in [0.25, 0.3) is 10.1 Å². The number of ether oxygens (including phenoxy) is 2. The minimum Gasteiger partial charge on any atom is -0.453 e. The van der Waals surface area contributed by atoms with Crippen molar-refractivity contribution < 1.29 is 23.5 Å². The molecule has 0 aliphatic heterocycles. The van der Waals surface area contributed by atoms with Gasteiger partial charge in [-0.25, -0.2) is 9.18 Å². The van der Waals surface area contributed by atoms with Crippen molar-refractivity contribution in [1.29, 1.82) is 0 Å². The number of Topliss-reactive ketones (excluding diaryl/α,β-unsaturated/α-hetero) is 1. The summed E-state index contributed by atoms with van der Waals surface area (Å²) >= 11 is 1.14. The average molecular weight is 403 g/mol. The first-order valence-corrected chi connectivity index (χ1v) is 9.70. The van der Waals surface area contributed by atoms with Crippen molar-refractivity contribution in [2.24, 2.45) is 0 Å². The highest BCUT2D eigenvalue weighted by atomic mass is 32.1. The van der Waals surface area contributed by atoms with Gasteiger partial charge in [0.05, 0.1) is 12.6 Å². The normalized spacial score (nSPS) is 12.3. The van der Waals surface area contributed by atoms with Crippen molar-refractivity contribution in [1.82, 2.24) is 4.57 Å². The Morgan fingerprint density at radius 3 is 2.68 bits per heavy atom. The second-order valence-corrected chi connectivity index (χ2v) is 7.80. The van der Waals surface area contributed by atoms with Crippen LogP contribution in [0.2, 0.25) is 0 Å². The van der Waals surface area contributed by atoms with Crippen molar-refractivity contribution in [3.63, 3.8) is 0 Å². The molecule has 0 aliphatic rings. The van der Waals surface area contributed by atoms with E-state index in [0.29, 0.717) is 22.3 Å². The number of hydrogen-bond donors (Lipinski definition) is 0. The van der Waals surface area contributed by atoms with Crippen LogP contribution < -0.4 is 0 Å². The highest BCUT2D eigenvalue weighted by Gasteiger charge is 2.21.